The van der Waals surface area contributed by atoms with Crippen molar-refractivity contribution in [3.8, 4) is 0 Å². The molecule has 3 aromatic rings. The SMILES string of the molecule is CC[C@@H](C)Cc1c(C)sc2nc(CN3CCN(c4ccccn4)CC3)[nH]c(=O)c12. The third-order valence-electron chi connectivity index (χ3n) is 5.88. The first kappa shape index (κ1) is 20.0. The molecule has 0 unspecified atom stereocenters. The monoisotopic (exact) mass is 411 g/mol. The summed E-state index contributed by atoms with van der Waals surface area (Å²) in [5.74, 6) is 2.37. The summed E-state index contributed by atoms with van der Waals surface area (Å²) in [4.78, 5) is 31.9. The molecule has 6 nitrogen and oxygen atoms in total. The van der Waals surface area contributed by atoms with Gasteiger partial charge in [-0.3, -0.25) is 9.69 Å². The van der Waals surface area contributed by atoms with E-state index in [4.69, 9.17) is 4.98 Å². The van der Waals surface area contributed by atoms with Gasteiger partial charge >= 0.3 is 0 Å². The summed E-state index contributed by atoms with van der Waals surface area (Å²) < 4.78 is 0. The highest BCUT2D eigenvalue weighted by atomic mass is 32.1. The molecule has 0 saturated carbocycles. The molecule has 4 heterocycles. The van der Waals surface area contributed by atoms with Gasteiger partial charge in [0, 0.05) is 37.3 Å². The second-order valence-electron chi connectivity index (χ2n) is 8.00. The Balaban J connectivity index is 1.47. The van der Waals surface area contributed by atoms with E-state index in [0.29, 0.717) is 12.5 Å². The van der Waals surface area contributed by atoms with Gasteiger partial charge in [-0.05, 0) is 37.0 Å². The number of aromatic amines is 1. The predicted octanol–water partition coefficient (Wildman–Crippen LogP) is 3.60. The molecule has 3 aromatic heterocycles. The van der Waals surface area contributed by atoms with E-state index >= 15 is 0 Å². The summed E-state index contributed by atoms with van der Waals surface area (Å²) in [5.41, 5.74) is 1.20. The molecular formula is C22H29N5OS. The highest BCUT2D eigenvalue weighted by Crippen LogP contribution is 2.29. The second-order valence-corrected chi connectivity index (χ2v) is 9.20. The standard InChI is InChI=1S/C22H29N5OS/c1-4-15(2)13-17-16(3)29-22-20(17)21(28)24-18(25-22)14-26-9-11-27(12-10-26)19-7-5-6-8-23-19/h5-8,15H,4,9-14H2,1-3H3,(H,24,25,28)/t15-/m1/s1. The second kappa shape index (κ2) is 8.63. The third-order valence-corrected chi connectivity index (χ3v) is 6.92. The number of H-pyrrole nitrogens is 1. The van der Waals surface area contributed by atoms with Crippen molar-refractivity contribution >= 4 is 27.4 Å². The first-order valence-corrected chi connectivity index (χ1v) is 11.3. The van der Waals surface area contributed by atoms with Crippen LogP contribution in [0.25, 0.3) is 10.2 Å². The van der Waals surface area contributed by atoms with Crippen LogP contribution in [0.2, 0.25) is 0 Å². The lowest BCUT2D eigenvalue weighted by Gasteiger charge is -2.35. The van der Waals surface area contributed by atoms with Crippen LogP contribution < -0.4 is 10.5 Å². The zero-order chi connectivity index (χ0) is 20.4. The minimum Gasteiger partial charge on any atom is -0.354 e. The van der Waals surface area contributed by atoms with Gasteiger partial charge < -0.3 is 9.88 Å². The Labute approximate surface area is 175 Å². The predicted molar refractivity (Wildman–Crippen MR) is 120 cm³/mol. The Kier molecular flexibility index (Phi) is 5.96. The van der Waals surface area contributed by atoms with Crippen LogP contribution >= 0.6 is 11.3 Å². The molecule has 154 valence electrons. The lowest BCUT2D eigenvalue weighted by Crippen LogP contribution is -2.46. The molecule has 0 radical (unpaired) electrons. The smallest absolute Gasteiger partial charge is 0.259 e. The minimum atomic E-state index is 0.0137. The largest absolute Gasteiger partial charge is 0.354 e. The lowest BCUT2D eigenvalue weighted by atomic mass is 9.98. The number of thiophene rings is 1. The molecule has 0 spiro atoms. The number of nitrogens with zero attached hydrogens (tertiary/aromatic N) is 4. The molecule has 4 rings (SSSR count). The van der Waals surface area contributed by atoms with Crippen LogP contribution in [0.5, 0.6) is 0 Å². The number of fused-ring (bicyclic) bond motifs is 1. The van der Waals surface area contributed by atoms with Crippen molar-refractivity contribution in [2.45, 2.75) is 40.2 Å². The Hall–Kier alpha value is -2.25. The number of nitrogens with one attached hydrogen (secondary N) is 1. The summed E-state index contributed by atoms with van der Waals surface area (Å²) in [6.45, 7) is 11.0. The number of aryl methyl sites for hydroxylation is 1. The van der Waals surface area contributed by atoms with Gasteiger partial charge in [0.1, 0.15) is 16.5 Å². The van der Waals surface area contributed by atoms with Gasteiger partial charge in [-0.15, -0.1) is 11.3 Å². The summed E-state index contributed by atoms with van der Waals surface area (Å²) in [7, 11) is 0. The lowest BCUT2D eigenvalue weighted by molar-refractivity contribution is 0.243. The quantitative estimate of drug-likeness (QED) is 0.671. The fourth-order valence-corrected chi connectivity index (χ4v) is 4.99. The molecule has 1 saturated heterocycles. The van der Waals surface area contributed by atoms with E-state index in [1.807, 2.05) is 18.3 Å². The van der Waals surface area contributed by atoms with Crippen molar-refractivity contribution < 1.29 is 0 Å². The van der Waals surface area contributed by atoms with E-state index in [0.717, 1.165) is 60.9 Å². The van der Waals surface area contributed by atoms with Gasteiger partial charge in [-0.2, -0.15) is 0 Å². The van der Waals surface area contributed by atoms with Crippen LogP contribution in [0.4, 0.5) is 5.82 Å². The maximum Gasteiger partial charge on any atom is 0.259 e. The van der Waals surface area contributed by atoms with Crippen LogP contribution in [0.1, 0.15) is 36.5 Å². The molecule has 7 heteroatoms. The van der Waals surface area contributed by atoms with E-state index in [-0.39, 0.29) is 5.56 Å². The fourth-order valence-electron chi connectivity index (χ4n) is 3.92. The minimum absolute atomic E-state index is 0.0137. The van der Waals surface area contributed by atoms with E-state index in [9.17, 15) is 4.79 Å². The van der Waals surface area contributed by atoms with Crippen LogP contribution in [0.15, 0.2) is 29.2 Å². The molecule has 1 aliphatic heterocycles. The Bertz CT molecular complexity index is 1020. The van der Waals surface area contributed by atoms with Crippen molar-refractivity contribution in [1.29, 1.82) is 0 Å². The number of anilines is 1. The zero-order valence-corrected chi connectivity index (χ0v) is 18.3. The van der Waals surface area contributed by atoms with Crippen molar-refractivity contribution in [3.05, 3.63) is 51.0 Å². The van der Waals surface area contributed by atoms with E-state index in [2.05, 4.69) is 46.6 Å². The van der Waals surface area contributed by atoms with Crippen molar-refractivity contribution in [3.63, 3.8) is 0 Å². The topological polar surface area (TPSA) is 65.1 Å². The fraction of sp³-hybridized carbons (Fsp3) is 0.500. The van der Waals surface area contributed by atoms with Gasteiger partial charge in [0.15, 0.2) is 0 Å². The molecular weight excluding hydrogens is 382 g/mol. The van der Waals surface area contributed by atoms with Gasteiger partial charge in [0.25, 0.3) is 5.56 Å². The third kappa shape index (κ3) is 4.36. The molecule has 1 atom stereocenters. The average molecular weight is 412 g/mol. The number of pyridine rings is 1. The molecule has 0 amide bonds. The zero-order valence-electron chi connectivity index (χ0n) is 17.4. The molecule has 29 heavy (non-hydrogen) atoms. The van der Waals surface area contributed by atoms with Crippen LogP contribution in [0, 0.1) is 12.8 Å². The van der Waals surface area contributed by atoms with Gasteiger partial charge in [0.2, 0.25) is 0 Å². The molecule has 1 aliphatic rings. The van der Waals surface area contributed by atoms with E-state index < -0.39 is 0 Å². The normalized spacial score (nSPS) is 16.4. The number of aromatic nitrogens is 3. The summed E-state index contributed by atoms with van der Waals surface area (Å²) in [6, 6.07) is 6.02. The first-order chi connectivity index (χ1) is 14.0. The molecule has 1 fully saturated rings. The van der Waals surface area contributed by atoms with Crippen molar-refractivity contribution in [2.24, 2.45) is 5.92 Å². The maximum absolute atomic E-state index is 12.9. The number of hydrogen-bond donors (Lipinski definition) is 1. The van der Waals surface area contributed by atoms with Gasteiger partial charge in [0.05, 0.1) is 11.9 Å². The van der Waals surface area contributed by atoms with Crippen LogP contribution in [0.3, 0.4) is 0 Å². The Morgan fingerprint density at radius 2 is 2.03 bits per heavy atom. The van der Waals surface area contributed by atoms with Crippen molar-refractivity contribution in [1.82, 2.24) is 19.9 Å². The number of hydrogen-bond acceptors (Lipinski definition) is 6. The van der Waals surface area contributed by atoms with Gasteiger partial charge in [-0.25, -0.2) is 9.97 Å². The Morgan fingerprint density at radius 3 is 2.72 bits per heavy atom. The molecule has 1 N–H and O–H groups in total. The van der Waals surface area contributed by atoms with E-state index in [1.165, 1.54) is 10.4 Å². The highest BCUT2D eigenvalue weighted by Gasteiger charge is 2.20. The molecule has 0 aliphatic carbocycles. The van der Waals surface area contributed by atoms with Crippen LogP contribution in [-0.2, 0) is 13.0 Å². The van der Waals surface area contributed by atoms with Gasteiger partial charge in [-0.1, -0.05) is 26.3 Å². The van der Waals surface area contributed by atoms with Crippen molar-refractivity contribution in [2.75, 3.05) is 31.1 Å². The summed E-state index contributed by atoms with van der Waals surface area (Å²) in [6.07, 6.45) is 3.90. The first-order valence-electron chi connectivity index (χ1n) is 10.4. The highest BCUT2D eigenvalue weighted by molar-refractivity contribution is 7.18. The summed E-state index contributed by atoms with van der Waals surface area (Å²) in [5, 5.41) is 0.802. The average Bonchev–Trinajstić information content (AvgIpc) is 3.04. The number of piperazine rings is 1. The number of rotatable bonds is 6. The van der Waals surface area contributed by atoms with Crippen LogP contribution in [-0.4, -0.2) is 46.0 Å². The molecule has 0 aromatic carbocycles. The molecule has 0 bridgehead atoms. The summed E-state index contributed by atoms with van der Waals surface area (Å²) >= 11 is 1.65. The maximum atomic E-state index is 12.9. The Morgan fingerprint density at radius 1 is 1.24 bits per heavy atom. The van der Waals surface area contributed by atoms with E-state index in [1.54, 1.807) is 11.3 Å².